The summed E-state index contributed by atoms with van der Waals surface area (Å²) in [5.41, 5.74) is 3.90. The summed E-state index contributed by atoms with van der Waals surface area (Å²) in [7, 11) is 1.57. The van der Waals surface area contributed by atoms with Crippen molar-refractivity contribution in [1.82, 2.24) is 9.47 Å². The number of aromatic nitrogens is 1. The second-order valence-corrected chi connectivity index (χ2v) is 6.51. The summed E-state index contributed by atoms with van der Waals surface area (Å²) in [6.45, 7) is 7.12. The summed E-state index contributed by atoms with van der Waals surface area (Å²) in [4.78, 5) is 14.1. The maximum Gasteiger partial charge on any atom is 0.248 e. The first kappa shape index (κ1) is 15.1. The maximum absolute atomic E-state index is 12.2. The van der Waals surface area contributed by atoms with Gasteiger partial charge in [0.25, 0.3) is 0 Å². The zero-order valence-corrected chi connectivity index (χ0v) is 13.6. The molecule has 2 aromatic rings. The number of benzene rings is 1. The zero-order chi connectivity index (χ0) is 15.7. The fraction of sp³-hybridized carbons (Fsp3) is 0.500. The largest absolute Gasteiger partial charge is 0.375 e. The van der Waals surface area contributed by atoms with Crippen molar-refractivity contribution in [2.75, 3.05) is 20.3 Å². The SMILES string of the molecule is COCC(=O)N1CCc2cn(CC(C)C)c3cccc(c23)C1. The van der Waals surface area contributed by atoms with Crippen LogP contribution in [-0.4, -0.2) is 35.6 Å². The monoisotopic (exact) mass is 300 g/mol. The van der Waals surface area contributed by atoms with Gasteiger partial charge in [-0.3, -0.25) is 4.79 Å². The van der Waals surface area contributed by atoms with Gasteiger partial charge in [0.15, 0.2) is 0 Å². The summed E-state index contributed by atoms with van der Waals surface area (Å²) in [5, 5.41) is 1.34. The van der Waals surface area contributed by atoms with Gasteiger partial charge in [-0.2, -0.15) is 0 Å². The summed E-state index contributed by atoms with van der Waals surface area (Å²) >= 11 is 0. The second kappa shape index (κ2) is 6.13. The first-order chi connectivity index (χ1) is 10.6. The number of methoxy groups -OCH3 is 1. The molecular weight excluding hydrogens is 276 g/mol. The number of amides is 1. The fourth-order valence-corrected chi connectivity index (χ4v) is 3.35. The smallest absolute Gasteiger partial charge is 0.248 e. The van der Waals surface area contributed by atoms with Crippen LogP contribution in [0.3, 0.4) is 0 Å². The summed E-state index contributed by atoms with van der Waals surface area (Å²) in [6, 6.07) is 6.43. The normalized spacial score (nSPS) is 14.6. The van der Waals surface area contributed by atoms with Gasteiger partial charge in [0.2, 0.25) is 5.91 Å². The molecule has 0 saturated heterocycles. The molecule has 4 heteroatoms. The van der Waals surface area contributed by atoms with Gasteiger partial charge in [-0.25, -0.2) is 0 Å². The average Bonchev–Trinajstić information content (AvgIpc) is 2.70. The van der Waals surface area contributed by atoms with Crippen LogP contribution >= 0.6 is 0 Å². The van der Waals surface area contributed by atoms with E-state index in [1.54, 1.807) is 7.11 Å². The van der Waals surface area contributed by atoms with E-state index in [9.17, 15) is 4.79 Å². The van der Waals surface area contributed by atoms with Crippen LogP contribution in [0.5, 0.6) is 0 Å². The maximum atomic E-state index is 12.2. The topological polar surface area (TPSA) is 34.5 Å². The van der Waals surface area contributed by atoms with Crippen LogP contribution in [0, 0.1) is 5.92 Å². The fourth-order valence-electron chi connectivity index (χ4n) is 3.35. The molecule has 0 fully saturated rings. The first-order valence-corrected chi connectivity index (χ1v) is 7.96. The minimum absolute atomic E-state index is 0.0692. The van der Waals surface area contributed by atoms with E-state index in [1.165, 1.54) is 22.0 Å². The summed E-state index contributed by atoms with van der Waals surface area (Å²) in [6.07, 6.45) is 3.19. The summed E-state index contributed by atoms with van der Waals surface area (Å²) in [5.74, 6) is 0.689. The van der Waals surface area contributed by atoms with E-state index in [0.29, 0.717) is 12.5 Å². The van der Waals surface area contributed by atoms with Crippen LogP contribution in [0.1, 0.15) is 25.0 Å². The lowest BCUT2D eigenvalue weighted by molar-refractivity contribution is -0.135. The molecule has 0 bridgehead atoms. The Morgan fingerprint density at radius 3 is 2.86 bits per heavy atom. The highest BCUT2D eigenvalue weighted by molar-refractivity contribution is 5.88. The Labute approximate surface area is 131 Å². The summed E-state index contributed by atoms with van der Waals surface area (Å²) < 4.78 is 7.36. The predicted molar refractivity (Wildman–Crippen MR) is 87.8 cm³/mol. The van der Waals surface area contributed by atoms with E-state index in [0.717, 1.165) is 19.5 Å². The van der Waals surface area contributed by atoms with Crippen LogP contribution in [0.15, 0.2) is 24.4 Å². The molecule has 0 radical (unpaired) electrons. The van der Waals surface area contributed by atoms with Gasteiger partial charge < -0.3 is 14.2 Å². The molecule has 1 amide bonds. The third-order valence-electron chi connectivity index (χ3n) is 4.27. The Balaban J connectivity index is 1.99. The number of rotatable bonds is 4. The Kier molecular flexibility index (Phi) is 4.21. The highest BCUT2D eigenvalue weighted by Gasteiger charge is 2.22. The lowest BCUT2D eigenvalue weighted by Gasteiger charge is -2.21. The molecule has 1 aromatic heterocycles. The van der Waals surface area contributed by atoms with Gasteiger partial charge in [0, 0.05) is 43.8 Å². The third kappa shape index (κ3) is 2.75. The Morgan fingerprint density at radius 1 is 1.32 bits per heavy atom. The van der Waals surface area contributed by atoms with Crippen LogP contribution in [0.25, 0.3) is 10.9 Å². The molecule has 22 heavy (non-hydrogen) atoms. The highest BCUT2D eigenvalue weighted by atomic mass is 16.5. The number of carbonyl (C=O) groups excluding carboxylic acids is 1. The van der Waals surface area contributed by atoms with Crippen molar-refractivity contribution in [3.05, 3.63) is 35.5 Å². The number of nitrogens with zero attached hydrogens (tertiary/aromatic N) is 2. The molecule has 3 rings (SSSR count). The van der Waals surface area contributed by atoms with Crippen LogP contribution in [-0.2, 0) is 29.0 Å². The molecule has 1 aliphatic heterocycles. The van der Waals surface area contributed by atoms with Crippen LogP contribution in [0.2, 0.25) is 0 Å². The van der Waals surface area contributed by atoms with E-state index < -0.39 is 0 Å². The van der Waals surface area contributed by atoms with Gasteiger partial charge in [0.05, 0.1) is 0 Å². The lowest BCUT2D eigenvalue weighted by Crippen LogP contribution is -2.34. The molecule has 0 spiro atoms. The number of hydrogen-bond acceptors (Lipinski definition) is 2. The Bertz CT molecular complexity index is 688. The van der Waals surface area contributed by atoms with Crippen molar-refractivity contribution in [3.8, 4) is 0 Å². The standard InChI is InChI=1S/C18H24N2O2/c1-13(2)9-20-11-15-7-8-19(17(21)12-22-3)10-14-5-4-6-16(20)18(14)15/h4-6,11,13H,7-10,12H2,1-3H3. The molecule has 0 aliphatic carbocycles. The minimum Gasteiger partial charge on any atom is -0.375 e. The quantitative estimate of drug-likeness (QED) is 0.870. The predicted octanol–water partition coefficient (Wildman–Crippen LogP) is 2.83. The Hall–Kier alpha value is -1.81. The van der Waals surface area contributed by atoms with E-state index in [1.807, 2.05) is 4.90 Å². The van der Waals surface area contributed by atoms with Crippen molar-refractivity contribution >= 4 is 16.8 Å². The Morgan fingerprint density at radius 2 is 2.14 bits per heavy atom. The average molecular weight is 300 g/mol. The molecular formula is C18H24N2O2. The van der Waals surface area contributed by atoms with Crippen LogP contribution < -0.4 is 0 Å². The van der Waals surface area contributed by atoms with Gasteiger partial charge in [-0.1, -0.05) is 26.0 Å². The first-order valence-electron chi connectivity index (χ1n) is 7.96. The van der Waals surface area contributed by atoms with Crippen molar-refractivity contribution in [1.29, 1.82) is 0 Å². The molecule has 2 heterocycles. The molecule has 4 nitrogen and oxygen atoms in total. The zero-order valence-electron chi connectivity index (χ0n) is 13.6. The van der Waals surface area contributed by atoms with E-state index in [4.69, 9.17) is 4.74 Å². The molecule has 0 atom stereocenters. The second-order valence-electron chi connectivity index (χ2n) is 6.51. The third-order valence-corrected chi connectivity index (χ3v) is 4.27. The van der Waals surface area contributed by atoms with Gasteiger partial charge in [-0.05, 0) is 29.5 Å². The van der Waals surface area contributed by atoms with Crippen LogP contribution in [0.4, 0.5) is 0 Å². The highest BCUT2D eigenvalue weighted by Crippen LogP contribution is 2.30. The van der Waals surface area contributed by atoms with Crippen molar-refractivity contribution in [2.45, 2.75) is 33.4 Å². The van der Waals surface area contributed by atoms with Crippen molar-refractivity contribution < 1.29 is 9.53 Å². The minimum atomic E-state index is 0.0692. The molecule has 0 unspecified atom stereocenters. The van der Waals surface area contributed by atoms with Gasteiger partial charge in [0.1, 0.15) is 6.61 Å². The van der Waals surface area contributed by atoms with Gasteiger partial charge >= 0.3 is 0 Å². The number of ether oxygens (including phenoxy) is 1. The molecule has 1 aromatic carbocycles. The van der Waals surface area contributed by atoms with E-state index in [2.05, 4.69) is 42.8 Å². The number of carbonyl (C=O) groups is 1. The molecule has 0 saturated carbocycles. The van der Waals surface area contributed by atoms with E-state index >= 15 is 0 Å². The number of hydrogen-bond donors (Lipinski definition) is 0. The van der Waals surface area contributed by atoms with Crippen molar-refractivity contribution in [3.63, 3.8) is 0 Å². The molecule has 118 valence electrons. The van der Waals surface area contributed by atoms with E-state index in [-0.39, 0.29) is 12.5 Å². The van der Waals surface area contributed by atoms with Crippen molar-refractivity contribution in [2.24, 2.45) is 5.92 Å². The van der Waals surface area contributed by atoms with Gasteiger partial charge in [-0.15, -0.1) is 0 Å². The molecule has 0 N–H and O–H groups in total. The molecule has 1 aliphatic rings. The lowest BCUT2D eigenvalue weighted by atomic mass is 10.1.